The average Bonchev–Trinajstić information content (AvgIpc) is 2.94. The maximum Gasteiger partial charge on any atom is 0.256 e. The molecule has 1 aromatic heterocycles. The van der Waals surface area contributed by atoms with E-state index < -0.39 is 10.0 Å². The van der Waals surface area contributed by atoms with E-state index in [1.807, 2.05) is 12.3 Å². The largest absolute Gasteiger partial charge is 0.322 e. The van der Waals surface area contributed by atoms with Crippen molar-refractivity contribution in [1.82, 2.24) is 4.31 Å². The van der Waals surface area contributed by atoms with Crippen LogP contribution in [0.2, 0.25) is 0 Å². The molecule has 4 rings (SSSR count). The van der Waals surface area contributed by atoms with Gasteiger partial charge in [0.25, 0.3) is 5.91 Å². The average molecular weight is 433 g/mol. The Labute approximate surface area is 177 Å². The third-order valence-electron chi connectivity index (χ3n) is 5.93. The summed E-state index contributed by atoms with van der Waals surface area (Å²) in [7, 11) is -3.56. The number of benzene rings is 1. The lowest BCUT2D eigenvalue weighted by Crippen LogP contribution is -2.32. The van der Waals surface area contributed by atoms with Crippen LogP contribution in [-0.4, -0.2) is 31.7 Å². The summed E-state index contributed by atoms with van der Waals surface area (Å²) in [5.41, 5.74) is 3.15. The van der Waals surface area contributed by atoms with Gasteiger partial charge < -0.3 is 5.32 Å². The lowest BCUT2D eigenvalue weighted by atomic mass is 9.95. The Morgan fingerprint density at radius 1 is 1.03 bits per heavy atom. The molecule has 29 heavy (non-hydrogen) atoms. The minimum absolute atomic E-state index is 0.147. The van der Waals surface area contributed by atoms with Crippen LogP contribution in [0, 0.1) is 6.92 Å². The van der Waals surface area contributed by atoms with Crippen LogP contribution in [0.1, 0.15) is 64.9 Å². The van der Waals surface area contributed by atoms with Crippen molar-refractivity contribution in [3.8, 4) is 0 Å². The molecule has 1 amide bonds. The molecule has 2 aromatic rings. The highest BCUT2D eigenvalue weighted by Gasteiger charge is 2.27. The molecule has 0 saturated carbocycles. The first kappa shape index (κ1) is 20.6. The van der Waals surface area contributed by atoms with Crippen molar-refractivity contribution in [1.29, 1.82) is 0 Å². The van der Waals surface area contributed by atoms with Crippen LogP contribution >= 0.6 is 11.3 Å². The smallest absolute Gasteiger partial charge is 0.256 e. The van der Waals surface area contributed by atoms with Crippen LogP contribution in [0.3, 0.4) is 0 Å². The van der Waals surface area contributed by atoms with Crippen molar-refractivity contribution in [3.05, 3.63) is 45.1 Å². The van der Waals surface area contributed by atoms with Crippen LogP contribution in [0.5, 0.6) is 0 Å². The summed E-state index contributed by atoms with van der Waals surface area (Å²) in [6, 6.07) is 5.18. The summed E-state index contributed by atoms with van der Waals surface area (Å²) >= 11 is 1.66. The molecule has 1 saturated heterocycles. The summed E-state index contributed by atoms with van der Waals surface area (Å²) < 4.78 is 28.1. The van der Waals surface area contributed by atoms with E-state index >= 15 is 0 Å². The van der Waals surface area contributed by atoms with Gasteiger partial charge in [-0.1, -0.05) is 18.9 Å². The predicted octanol–water partition coefficient (Wildman–Crippen LogP) is 4.75. The first-order valence-electron chi connectivity index (χ1n) is 10.5. The van der Waals surface area contributed by atoms with Gasteiger partial charge >= 0.3 is 0 Å². The number of anilines is 1. The van der Waals surface area contributed by atoms with Gasteiger partial charge in [0.1, 0.15) is 0 Å². The third kappa shape index (κ3) is 4.27. The predicted molar refractivity (Wildman–Crippen MR) is 117 cm³/mol. The molecule has 0 bridgehead atoms. The fourth-order valence-electron chi connectivity index (χ4n) is 4.26. The molecule has 2 heterocycles. The monoisotopic (exact) mass is 432 g/mol. The number of fused-ring (bicyclic) bond motifs is 1. The standard InChI is InChI=1S/C22H28N2O3S2/c1-16-10-11-17(14-21(16)29(26,27)24-12-6-2-3-7-13-24)23-22(25)19-15-28-20-9-5-4-8-18(19)20/h10-11,14-15H,2-9,12-13H2,1H3,(H,23,25). The Bertz CT molecular complexity index is 1000. The molecular formula is C22H28N2O3S2. The summed E-state index contributed by atoms with van der Waals surface area (Å²) in [4.78, 5) is 14.5. The highest BCUT2D eigenvalue weighted by Crippen LogP contribution is 2.31. The maximum absolute atomic E-state index is 13.2. The molecule has 1 aliphatic carbocycles. The molecule has 1 aliphatic heterocycles. The molecule has 2 aliphatic rings. The fraction of sp³-hybridized carbons (Fsp3) is 0.500. The van der Waals surface area contributed by atoms with Gasteiger partial charge in [-0.05, 0) is 68.7 Å². The minimum atomic E-state index is -3.56. The van der Waals surface area contributed by atoms with E-state index in [1.165, 1.54) is 16.9 Å². The lowest BCUT2D eigenvalue weighted by molar-refractivity contribution is 0.102. The second kappa shape index (κ2) is 8.58. The van der Waals surface area contributed by atoms with Crippen LogP contribution in [0.25, 0.3) is 0 Å². The SMILES string of the molecule is Cc1ccc(NC(=O)c2csc3c2CCCC3)cc1S(=O)(=O)N1CCCCCC1. The van der Waals surface area contributed by atoms with Crippen LogP contribution in [-0.2, 0) is 22.9 Å². The van der Waals surface area contributed by atoms with E-state index in [2.05, 4.69) is 5.32 Å². The zero-order valence-corrected chi connectivity index (χ0v) is 18.5. The highest BCUT2D eigenvalue weighted by atomic mass is 32.2. The van der Waals surface area contributed by atoms with Crippen molar-refractivity contribution in [2.75, 3.05) is 18.4 Å². The number of nitrogens with one attached hydrogen (secondary N) is 1. The molecule has 1 N–H and O–H groups in total. The zero-order valence-electron chi connectivity index (χ0n) is 16.9. The van der Waals surface area contributed by atoms with E-state index in [0.717, 1.165) is 50.5 Å². The maximum atomic E-state index is 13.2. The van der Waals surface area contributed by atoms with Crippen molar-refractivity contribution >= 4 is 33.0 Å². The number of thiophene rings is 1. The van der Waals surface area contributed by atoms with Crippen molar-refractivity contribution in [2.24, 2.45) is 0 Å². The Balaban J connectivity index is 1.58. The van der Waals surface area contributed by atoms with Gasteiger partial charge in [-0.25, -0.2) is 8.42 Å². The highest BCUT2D eigenvalue weighted by molar-refractivity contribution is 7.89. The number of hydrogen-bond acceptors (Lipinski definition) is 4. The second-order valence-corrected chi connectivity index (χ2v) is 10.9. The fourth-order valence-corrected chi connectivity index (χ4v) is 7.15. The number of hydrogen-bond donors (Lipinski definition) is 1. The van der Waals surface area contributed by atoms with Crippen LogP contribution < -0.4 is 5.32 Å². The van der Waals surface area contributed by atoms with Gasteiger partial charge in [-0.2, -0.15) is 4.31 Å². The van der Waals surface area contributed by atoms with E-state index in [4.69, 9.17) is 0 Å². The minimum Gasteiger partial charge on any atom is -0.322 e. The number of amides is 1. The molecule has 0 radical (unpaired) electrons. The quantitative estimate of drug-likeness (QED) is 0.758. The summed E-state index contributed by atoms with van der Waals surface area (Å²) in [5.74, 6) is -0.147. The molecule has 0 atom stereocenters. The van der Waals surface area contributed by atoms with Gasteiger partial charge in [0.05, 0.1) is 10.5 Å². The van der Waals surface area contributed by atoms with E-state index in [-0.39, 0.29) is 5.91 Å². The molecule has 156 valence electrons. The topological polar surface area (TPSA) is 66.5 Å². The number of sulfonamides is 1. The molecule has 7 heteroatoms. The van der Waals surface area contributed by atoms with Crippen LogP contribution in [0.15, 0.2) is 28.5 Å². The molecule has 0 unspecified atom stereocenters. The first-order valence-corrected chi connectivity index (χ1v) is 12.8. The molecule has 5 nitrogen and oxygen atoms in total. The van der Waals surface area contributed by atoms with Crippen LogP contribution in [0.4, 0.5) is 5.69 Å². The van der Waals surface area contributed by atoms with E-state index in [9.17, 15) is 13.2 Å². The number of nitrogens with zero attached hydrogens (tertiary/aromatic N) is 1. The lowest BCUT2D eigenvalue weighted by Gasteiger charge is -2.21. The molecule has 1 aromatic carbocycles. The summed E-state index contributed by atoms with van der Waals surface area (Å²) in [5, 5.41) is 4.87. The zero-order chi connectivity index (χ0) is 20.4. The van der Waals surface area contributed by atoms with Gasteiger partial charge in [0, 0.05) is 29.0 Å². The van der Waals surface area contributed by atoms with E-state index in [1.54, 1.807) is 33.8 Å². The first-order chi connectivity index (χ1) is 14.0. The molecule has 1 fully saturated rings. The van der Waals surface area contributed by atoms with Crippen molar-refractivity contribution in [3.63, 3.8) is 0 Å². The summed E-state index contributed by atoms with van der Waals surface area (Å²) in [6.07, 6.45) is 8.26. The number of carbonyl (C=O) groups excluding carboxylic acids is 1. The molecular weight excluding hydrogens is 404 g/mol. The summed E-state index contributed by atoms with van der Waals surface area (Å²) in [6.45, 7) is 2.95. The molecule has 0 spiro atoms. The second-order valence-electron chi connectivity index (χ2n) is 8.01. The van der Waals surface area contributed by atoms with Gasteiger partial charge in [-0.15, -0.1) is 11.3 Å². The normalized spacial score (nSPS) is 18.1. The number of rotatable bonds is 4. The number of aryl methyl sites for hydroxylation is 2. The third-order valence-corrected chi connectivity index (χ3v) is 9.06. The number of carbonyl (C=O) groups is 1. The van der Waals surface area contributed by atoms with Gasteiger partial charge in [-0.3, -0.25) is 4.79 Å². The Hall–Kier alpha value is -1.70. The van der Waals surface area contributed by atoms with Crippen molar-refractivity contribution < 1.29 is 13.2 Å². The Kier molecular flexibility index (Phi) is 6.08. The van der Waals surface area contributed by atoms with Gasteiger partial charge in [0.2, 0.25) is 10.0 Å². The Morgan fingerprint density at radius 3 is 2.52 bits per heavy atom. The van der Waals surface area contributed by atoms with E-state index in [0.29, 0.717) is 29.2 Å². The van der Waals surface area contributed by atoms with Gasteiger partial charge in [0.15, 0.2) is 0 Å². The van der Waals surface area contributed by atoms with Crippen molar-refractivity contribution in [2.45, 2.75) is 63.2 Å². The Morgan fingerprint density at radius 2 is 1.76 bits per heavy atom.